The van der Waals surface area contributed by atoms with E-state index in [1.54, 1.807) is 18.6 Å². The molecule has 4 aliphatic carbocycles. The van der Waals surface area contributed by atoms with Gasteiger partial charge in [-0.25, -0.2) is 4.79 Å². The standard InChI is InChI=1S/C21H23BrN4O2.BrH/c22-21-7-12-3-13(8-21)19(14(4-12)9-21)26-18-6-15(25-11-17(18)20(27)28)5-16-10-23-1-2-24-16;/h1-2,6,10-14,19H,3-5,7-9H2,(H,25,26)(H,27,28);1H/t12?,13-,14+,19?,21?;. The van der Waals surface area contributed by atoms with E-state index >= 15 is 0 Å². The van der Waals surface area contributed by atoms with Crippen LogP contribution in [-0.2, 0) is 6.42 Å². The number of anilines is 1. The van der Waals surface area contributed by atoms with E-state index in [0.29, 0.717) is 34.3 Å². The van der Waals surface area contributed by atoms with Crippen molar-refractivity contribution in [3.63, 3.8) is 0 Å². The molecule has 0 saturated heterocycles. The number of aromatic carboxylic acids is 1. The fourth-order valence-corrected chi connectivity index (χ4v) is 7.12. The quantitative estimate of drug-likeness (QED) is 0.561. The molecule has 154 valence electrons. The number of aromatic nitrogens is 3. The molecule has 2 N–H and O–H groups in total. The first kappa shape index (κ1) is 20.7. The fourth-order valence-electron chi connectivity index (χ4n) is 5.83. The van der Waals surface area contributed by atoms with Gasteiger partial charge in [0, 0.05) is 47.3 Å². The van der Waals surface area contributed by atoms with Crippen LogP contribution in [-0.4, -0.2) is 36.4 Å². The van der Waals surface area contributed by atoms with E-state index in [1.165, 1.54) is 38.3 Å². The van der Waals surface area contributed by atoms with Crippen molar-refractivity contribution in [2.75, 3.05) is 5.32 Å². The Morgan fingerprint density at radius 2 is 1.90 bits per heavy atom. The van der Waals surface area contributed by atoms with Gasteiger partial charge in [0.05, 0.1) is 11.4 Å². The second-order valence-electron chi connectivity index (χ2n) is 8.69. The minimum atomic E-state index is -0.943. The molecule has 0 spiro atoms. The van der Waals surface area contributed by atoms with Crippen LogP contribution in [0, 0.1) is 17.8 Å². The minimum Gasteiger partial charge on any atom is -0.478 e. The van der Waals surface area contributed by atoms with Gasteiger partial charge >= 0.3 is 5.97 Å². The van der Waals surface area contributed by atoms with Gasteiger partial charge in [0.15, 0.2) is 0 Å². The van der Waals surface area contributed by atoms with Crippen molar-refractivity contribution in [1.29, 1.82) is 0 Å². The molecule has 2 aromatic heterocycles. The van der Waals surface area contributed by atoms with Crippen LogP contribution in [0.15, 0.2) is 30.9 Å². The van der Waals surface area contributed by atoms with E-state index in [4.69, 9.17) is 0 Å². The number of hydrogen-bond acceptors (Lipinski definition) is 5. The molecule has 2 aromatic rings. The third kappa shape index (κ3) is 4.06. The summed E-state index contributed by atoms with van der Waals surface area (Å²) in [5.41, 5.74) is 2.54. The van der Waals surface area contributed by atoms with Gasteiger partial charge in [-0.15, -0.1) is 17.0 Å². The first-order valence-electron chi connectivity index (χ1n) is 9.92. The normalized spacial score (nSPS) is 31.9. The Hall–Kier alpha value is -1.54. The molecule has 0 amide bonds. The Morgan fingerprint density at radius 3 is 2.52 bits per heavy atom. The number of halogens is 2. The Balaban J connectivity index is 0.00000205. The number of alkyl halides is 1. The van der Waals surface area contributed by atoms with Gasteiger partial charge < -0.3 is 10.4 Å². The van der Waals surface area contributed by atoms with E-state index in [-0.39, 0.29) is 22.5 Å². The van der Waals surface area contributed by atoms with Crippen LogP contribution in [0.25, 0.3) is 0 Å². The highest BCUT2D eigenvalue weighted by atomic mass is 79.9. The topological polar surface area (TPSA) is 88.0 Å². The van der Waals surface area contributed by atoms with Crippen LogP contribution in [0.1, 0.15) is 53.8 Å². The first-order chi connectivity index (χ1) is 13.5. The third-order valence-electron chi connectivity index (χ3n) is 6.69. The zero-order valence-electron chi connectivity index (χ0n) is 15.9. The Morgan fingerprint density at radius 1 is 1.14 bits per heavy atom. The molecule has 4 saturated carbocycles. The Kier molecular flexibility index (Phi) is 5.68. The fraction of sp³-hybridized carbons (Fsp3) is 0.524. The molecule has 4 fully saturated rings. The molecule has 8 heteroatoms. The zero-order chi connectivity index (χ0) is 19.3. The van der Waals surface area contributed by atoms with Gasteiger partial charge in [-0.05, 0) is 55.9 Å². The van der Waals surface area contributed by atoms with Crippen molar-refractivity contribution >= 4 is 44.6 Å². The summed E-state index contributed by atoms with van der Waals surface area (Å²) < 4.78 is 0.312. The predicted octanol–water partition coefficient (Wildman–Crippen LogP) is 4.49. The lowest BCUT2D eigenvalue weighted by Gasteiger charge is -2.58. The second kappa shape index (κ2) is 7.95. The van der Waals surface area contributed by atoms with Crippen LogP contribution in [0.2, 0.25) is 0 Å². The van der Waals surface area contributed by atoms with Crippen LogP contribution in [0.4, 0.5) is 5.69 Å². The van der Waals surface area contributed by atoms with Gasteiger partial charge in [-0.2, -0.15) is 0 Å². The highest BCUT2D eigenvalue weighted by molar-refractivity contribution is 9.10. The molecule has 2 heterocycles. The number of carboxylic acid groups (broad SMARTS) is 1. The van der Waals surface area contributed by atoms with Gasteiger partial charge in [0.2, 0.25) is 0 Å². The summed E-state index contributed by atoms with van der Waals surface area (Å²) in [7, 11) is 0. The summed E-state index contributed by atoms with van der Waals surface area (Å²) in [6.07, 6.45) is 13.2. The van der Waals surface area contributed by atoms with Crippen molar-refractivity contribution in [3.05, 3.63) is 47.8 Å². The third-order valence-corrected chi connectivity index (χ3v) is 7.66. The van der Waals surface area contributed by atoms with Crippen molar-refractivity contribution in [1.82, 2.24) is 15.0 Å². The highest BCUT2D eigenvalue weighted by Gasteiger charge is 2.54. The molecule has 0 radical (unpaired) electrons. The average Bonchev–Trinajstić information content (AvgIpc) is 2.64. The van der Waals surface area contributed by atoms with Crippen molar-refractivity contribution < 1.29 is 9.90 Å². The molecule has 3 unspecified atom stereocenters. The van der Waals surface area contributed by atoms with Crippen molar-refractivity contribution in [2.24, 2.45) is 17.8 Å². The number of carbonyl (C=O) groups is 1. The number of rotatable bonds is 5. The monoisotopic (exact) mass is 522 g/mol. The van der Waals surface area contributed by atoms with E-state index in [1.807, 2.05) is 6.07 Å². The lowest BCUT2D eigenvalue weighted by Crippen LogP contribution is -2.56. The van der Waals surface area contributed by atoms with Crippen LogP contribution in [0.5, 0.6) is 0 Å². The smallest absolute Gasteiger partial charge is 0.339 e. The summed E-state index contributed by atoms with van der Waals surface area (Å²) in [6.45, 7) is 0. The molecule has 29 heavy (non-hydrogen) atoms. The van der Waals surface area contributed by atoms with Crippen molar-refractivity contribution in [3.8, 4) is 0 Å². The molecule has 5 atom stereocenters. The van der Waals surface area contributed by atoms with Crippen LogP contribution < -0.4 is 5.32 Å². The van der Waals surface area contributed by atoms with E-state index in [2.05, 4.69) is 36.2 Å². The average molecular weight is 524 g/mol. The lowest BCUT2D eigenvalue weighted by atomic mass is 9.54. The molecule has 6 rings (SSSR count). The maximum atomic E-state index is 11.8. The lowest BCUT2D eigenvalue weighted by molar-refractivity contribution is 0.0280. The van der Waals surface area contributed by atoms with E-state index < -0.39 is 5.97 Å². The minimum absolute atomic E-state index is 0. The van der Waals surface area contributed by atoms with E-state index in [0.717, 1.165) is 17.3 Å². The first-order valence-corrected chi connectivity index (χ1v) is 10.7. The molecule has 4 aliphatic rings. The summed E-state index contributed by atoms with van der Waals surface area (Å²) in [6, 6.07) is 2.22. The van der Waals surface area contributed by atoms with Crippen LogP contribution in [0.3, 0.4) is 0 Å². The summed E-state index contributed by atoms with van der Waals surface area (Å²) in [5, 5.41) is 13.3. The summed E-state index contributed by atoms with van der Waals surface area (Å²) >= 11 is 4.01. The molecular weight excluding hydrogens is 500 g/mol. The van der Waals surface area contributed by atoms with Gasteiger partial charge in [0.25, 0.3) is 0 Å². The molecule has 0 aromatic carbocycles. The number of hydrogen-bond donors (Lipinski definition) is 2. The van der Waals surface area contributed by atoms with Crippen LogP contribution >= 0.6 is 32.9 Å². The molecular formula is C21H24Br2N4O2. The number of nitrogens with one attached hydrogen (secondary N) is 1. The summed E-state index contributed by atoms with van der Waals surface area (Å²) in [4.78, 5) is 24.5. The number of carboxylic acids is 1. The molecule has 4 bridgehead atoms. The Labute approximate surface area is 188 Å². The zero-order valence-corrected chi connectivity index (χ0v) is 19.2. The molecule has 0 aliphatic heterocycles. The molecule has 6 nitrogen and oxygen atoms in total. The maximum Gasteiger partial charge on any atom is 0.339 e. The second-order valence-corrected chi connectivity index (χ2v) is 10.4. The van der Waals surface area contributed by atoms with Crippen molar-refractivity contribution in [2.45, 2.75) is 48.9 Å². The SMILES string of the molecule is Br.O=C(O)c1cnc(Cc2cnccn2)cc1NC1[C@@H]2CC3C[C@H]1CC(Br)(C3)C2. The summed E-state index contributed by atoms with van der Waals surface area (Å²) in [5.74, 6) is 1.08. The Bertz CT molecular complexity index is 895. The highest BCUT2D eigenvalue weighted by Crippen LogP contribution is 2.59. The van der Waals surface area contributed by atoms with Gasteiger partial charge in [-0.3, -0.25) is 15.0 Å². The largest absolute Gasteiger partial charge is 0.478 e. The van der Waals surface area contributed by atoms with E-state index in [9.17, 15) is 9.90 Å². The number of nitrogens with zero attached hydrogens (tertiary/aromatic N) is 3. The van der Waals surface area contributed by atoms with Gasteiger partial charge in [0.1, 0.15) is 5.56 Å². The predicted molar refractivity (Wildman–Crippen MR) is 119 cm³/mol. The maximum absolute atomic E-state index is 11.8. The van der Waals surface area contributed by atoms with Gasteiger partial charge in [-0.1, -0.05) is 15.9 Å². The number of pyridine rings is 1.